The Morgan fingerprint density at radius 2 is 2.33 bits per heavy atom. The molecule has 3 nitrogen and oxygen atoms in total. The van der Waals surface area contributed by atoms with Gasteiger partial charge in [0.15, 0.2) is 0 Å². The molecule has 3 heteroatoms. The summed E-state index contributed by atoms with van der Waals surface area (Å²) in [5, 5.41) is 3.45. The van der Waals surface area contributed by atoms with Crippen molar-refractivity contribution in [2.24, 2.45) is 0 Å². The second-order valence-electron chi connectivity index (χ2n) is 3.74. The highest BCUT2D eigenvalue weighted by molar-refractivity contribution is 5.25. The van der Waals surface area contributed by atoms with Crippen LogP contribution in [0.2, 0.25) is 0 Å². The van der Waals surface area contributed by atoms with E-state index in [1.165, 1.54) is 12.8 Å². The van der Waals surface area contributed by atoms with E-state index in [1.807, 2.05) is 12.1 Å². The van der Waals surface area contributed by atoms with E-state index in [4.69, 9.17) is 4.74 Å². The van der Waals surface area contributed by atoms with E-state index < -0.39 is 0 Å². The van der Waals surface area contributed by atoms with Gasteiger partial charge >= 0.3 is 0 Å². The summed E-state index contributed by atoms with van der Waals surface area (Å²) in [5.74, 6) is 0.716. The van der Waals surface area contributed by atoms with E-state index in [9.17, 15) is 0 Å². The van der Waals surface area contributed by atoms with E-state index in [-0.39, 0.29) is 0 Å². The van der Waals surface area contributed by atoms with Crippen molar-refractivity contribution in [2.45, 2.75) is 39.3 Å². The van der Waals surface area contributed by atoms with Crippen molar-refractivity contribution in [3.8, 4) is 5.88 Å². The molecule has 0 aliphatic heterocycles. The molecule has 1 N–H and O–H groups in total. The molecule has 0 aromatic carbocycles. The fourth-order valence-corrected chi connectivity index (χ4v) is 1.56. The van der Waals surface area contributed by atoms with Gasteiger partial charge in [0.25, 0.3) is 0 Å². The molecule has 1 rings (SSSR count). The van der Waals surface area contributed by atoms with E-state index in [0.29, 0.717) is 11.9 Å². The fourth-order valence-electron chi connectivity index (χ4n) is 1.56. The first-order chi connectivity index (χ1) is 7.27. The zero-order valence-corrected chi connectivity index (χ0v) is 9.79. The number of methoxy groups -OCH3 is 1. The standard InChI is InChI=1S/C12H20N2O/c1-4-6-10(2)14-9-11-7-5-8-13-12(11)15-3/h5,7-8,10,14H,4,6,9H2,1-3H3/t10-/m1/s1. The van der Waals surface area contributed by atoms with Gasteiger partial charge in [0.2, 0.25) is 5.88 Å². The summed E-state index contributed by atoms with van der Waals surface area (Å²) in [6, 6.07) is 4.52. The van der Waals surface area contributed by atoms with E-state index >= 15 is 0 Å². The van der Waals surface area contributed by atoms with Crippen molar-refractivity contribution < 1.29 is 4.74 Å². The van der Waals surface area contributed by atoms with Crippen molar-refractivity contribution >= 4 is 0 Å². The molecule has 0 aliphatic rings. The van der Waals surface area contributed by atoms with Crippen LogP contribution in [-0.2, 0) is 6.54 Å². The van der Waals surface area contributed by atoms with Gasteiger partial charge in [-0.05, 0) is 19.4 Å². The number of nitrogens with zero attached hydrogens (tertiary/aromatic N) is 1. The normalized spacial score (nSPS) is 12.5. The first-order valence-electron chi connectivity index (χ1n) is 5.49. The zero-order valence-electron chi connectivity index (χ0n) is 9.79. The summed E-state index contributed by atoms with van der Waals surface area (Å²) in [6.45, 7) is 5.22. The topological polar surface area (TPSA) is 34.2 Å². The zero-order chi connectivity index (χ0) is 11.1. The number of ether oxygens (including phenoxy) is 1. The first-order valence-corrected chi connectivity index (χ1v) is 5.49. The largest absolute Gasteiger partial charge is 0.481 e. The fraction of sp³-hybridized carbons (Fsp3) is 0.583. The molecule has 1 heterocycles. The van der Waals surface area contributed by atoms with Crippen molar-refractivity contribution in [2.75, 3.05) is 7.11 Å². The molecule has 0 saturated heterocycles. The van der Waals surface area contributed by atoms with Gasteiger partial charge in [-0.2, -0.15) is 0 Å². The SMILES string of the molecule is CCC[C@@H](C)NCc1cccnc1OC. The van der Waals surface area contributed by atoms with E-state index in [0.717, 1.165) is 12.1 Å². The number of nitrogens with one attached hydrogen (secondary N) is 1. The minimum Gasteiger partial charge on any atom is -0.481 e. The number of hydrogen-bond acceptors (Lipinski definition) is 3. The molecule has 0 bridgehead atoms. The third-order valence-electron chi connectivity index (χ3n) is 2.41. The van der Waals surface area contributed by atoms with Crippen LogP contribution in [0.1, 0.15) is 32.3 Å². The Kier molecular flexibility index (Phi) is 5.12. The molecule has 0 saturated carbocycles. The monoisotopic (exact) mass is 208 g/mol. The van der Waals surface area contributed by atoms with Crippen LogP contribution in [0.25, 0.3) is 0 Å². The molecule has 1 aromatic heterocycles. The van der Waals surface area contributed by atoms with Crippen molar-refractivity contribution in [3.63, 3.8) is 0 Å². The summed E-state index contributed by atoms with van der Waals surface area (Å²) in [6.07, 6.45) is 4.15. The summed E-state index contributed by atoms with van der Waals surface area (Å²) in [4.78, 5) is 4.16. The van der Waals surface area contributed by atoms with Gasteiger partial charge in [-0.1, -0.05) is 19.4 Å². The maximum absolute atomic E-state index is 5.19. The number of pyridine rings is 1. The van der Waals surface area contributed by atoms with E-state index in [2.05, 4.69) is 24.1 Å². The minimum absolute atomic E-state index is 0.542. The maximum Gasteiger partial charge on any atom is 0.217 e. The molecule has 15 heavy (non-hydrogen) atoms. The highest BCUT2D eigenvalue weighted by Gasteiger charge is 2.04. The van der Waals surface area contributed by atoms with Crippen LogP contribution in [0, 0.1) is 0 Å². The van der Waals surface area contributed by atoms with Gasteiger partial charge in [-0.3, -0.25) is 0 Å². The first kappa shape index (κ1) is 12.0. The summed E-state index contributed by atoms with van der Waals surface area (Å²) >= 11 is 0. The Bertz CT molecular complexity index is 289. The molecule has 0 fully saturated rings. The molecule has 1 aromatic rings. The molecular weight excluding hydrogens is 188 g/mol. The maximum atomic E-state index is 5.19. The van der Waals surface area contributed by atoms with Crippen LogP contribution in [0.4, 0.5) is 0 Å². The average molecular weight is 208 g/mol. The number of hydrogen-bond donors (Lipinski definition) is 1. The molecule has 0 amide bonds. The van der Waals surface area contributed by atoms with Gasteiger partial charge in [0.1, 0.15) is 0 Å². The lowest BCUT2D eigenvalue weighted by Crippen LogP contribution is -2.25. The Labute approximate surface area is 91.9 Å². The predicted octanol–water partition coefficient (Wildman–Crippen LogP) is 2.37. The predicted molar refractivity (Wildman–Crippen MR) is 62.0 cm³/mol. The molecule has 0 unspecified atom stereocenters. The number of aromatic nitrogens is 1. The summed E-state index contributed by atoms with van der Waals surface area (Å²) < 4.78 is 5.19. The van der Waals surface area contributed by atoms with E-state index in [1.54, 1.807) is 13.3 Å². The van der Waals surface area contributed by atoms with Crippen molar-refractivity contribution in [1.29, 1.82) is 0 Å². The van der Waals surface area contributed by atoms with Crippen LogP contribution in [0.5, 0.6) is 5.88 Å². The lowest BCUT2D eigenvalue weighted by Gasteiger charge is -2.13. The third kappa shape index (κ3) is 3.88. The Balaban J connectivity index is 2.49. The molecule has 84 valence electrons. The highest BCUT2D eigenvalue weighted by atomic mass is 16.5. The molecule has 1 atom stereocenters. The summed E-state index contributed by atoms with van der Waals surface area (Å²) in [5.41, 5.74) is 1.11. The average Bonchev–Trinajstić information content (AvgIpc) is 2.27. The van der Waals surface area contributed by atoms with Crippen LogP contribution in [-0.4, -0.2) is 18.1 Å². The van der Waals surface area contributed by atoms with Crippen LogP contribution < -0.4 is 10.1 Å². The second-order valence-corrected chi connectivity index (χ2v) is 3.74. The lowest BCUT2D eigenvalue weighted by atomic mass is 10.2. The molecule has 0 radical (unpaired) electrons. The van der Waals surface area contributed by atoms with Gasteiger partial charge < -0.3 is 10.1 Å². The minimum atomic E-state index is 0.542. The Morgan fingerprint density at radius 1 is 1.53 bits per heavy atom. The third-order valence-corrected chi connectivity index (χ3v) is 2.41. The number of rotatable bonds is 6. The van der Waals surface area contributed by atoms with Crippen LogP contribution in [0.15, 0.2) is 18.3 Å². The van der Waals surface area contributed by atoms with Gasteiger partial charge in [-0.15, -0.1) is 0 Å². The molecule has 0 aliphatic carbocycles. The Hall–Kier alpha value is -1.09. The van der Waals surface area contributed by atoms with Crippen molar-refractivity contribution in [3.05, 3.63) is 23.9 Å². The quantitative estimate of drug-likeness (QED) is 0.779. The van der Waals surface area contributed by atoms with Crippen LogP contribution in [0.3, 0.4) is 0 Å². The highest BCUT2D eigenvalue weighted by Crippen LogP contribution is 2.13. The van der Waals surface area contributed by atoms with Crippen LogP contribution >= 0.6 is 0 Å². The Morgan fingerprint density at radius 3 is 3.00 bits per heavy atom. The summed E-state index contributed by atoms with van der Waals surface area (Å²) in [7, 11) is 1.65. The second kappa shape index (κ2) is 6.40. The molecule has 0 spiro atoms. The lowest BCUT2D eigenvalue weighted by molar-refractivity contribution is 0.388. The van der Waals surface area contributed by atoms with Gasteiger partial charge in [0, 0.05) is 24.3 Å². The van der Waals surface area contributed by atoms with Crippen molar-refractivity contribution in [1.82, 2.24) is 10.3 Å². The van der Waals surface area contributed by atoms with Gasteiger partial charge in [0.05, 0.1) is 7.11 Å². The van der Waals surface area contributed by atoms with Gasteiger partial charge in [-0.25, -0.2) is 4.98 Å². The molecular formula is C12H20N2O. The smallest absolute Gasteiger partial charge is 0.217 e.